The molecule has 0 spiro atoms. The van der Waals surface area contributed by atoms with Gasteiger partial charge in [0.2, 0.25) is 5.91 Å². The Morgan fingerprint density at radius 3 is 2.58 bits per heavy atom. The average molecular weight is 490 g/mol. The molecule has 0 fully saturated rings. The van der Waals surface area contributed by atoms with Crippen molar-refractivity contribution in [3.05, 3.63) is 77.5 Å². The summed E-state index contributed by atoms with van der Waals surface area (Å²) in [5.41, 5.74) is 1.95. The summed E-state index contributed by atoms with van der Waals surface area (Å²) in [7, 11) is 1.56. The number of pyridine rings is 1. The number of carbonyl (C=O) groups is 2. The van der Waals surface area contributed by atoms with Crippen LogP contribution in [0.3, 0.4) is 0 Å². The van der Waals surface area contributed by atoms with Gasteiger partial charge in [-0.2, -0.15) is 5.10 Å². The Hall–Kier alpha value is -4.27. The van der Waals surface area contributed by atoms with Gasteiger partial charge in [0.15, 0.2) is 0 Å². The minimum Gasteiger partial charge on any atom is -0.456 e. The van der Waals surface area contributed by atoms with Crippen LogP contribution in [0, 0.1) is 12.7 Å². The lowest BCUT2D eigenvalue weighted by Crippen LogP contribution is -2.22. The molecule has 9 heteroatoms. The van der Waals surface area contributed by atoms with Gasteiger partial charge in [-0.25, -0.2) is 4.39 Å². The number of hydrogen-bond donors (Lipinski definition) is 2. The molecule has 2 heterocycles. The highest BCUT2D eigenvalue weighted by molar-refractivity contribution is 5.99. The number of fused-ring (bicyclic) bond motifs is 1. The second-order valence-electron chi connectivity index (χ2n) is 9.45. The molecule has 4 aromatic rings. The highest BCUT2D eigenvalue weighted by atomic mass is 19.1. The van der Waals surface area contributed by atoms with Crippen molar-refractivity contribution >= 4 is 28.4 Å². The lowest BCUT2D eigenvalue weighted by atomic mass is 10.1. The third-order valence-corrected chi connectivity index (χ3v) is 5.73. The Morgan fingerprint density at radius 2 is 1.89 bits per heavy atom. The van der Waals surface area contributed by atoms with Gasteiger partial charge in [0.05, 0.1) is 29.4 Å². The number of nitrogens with one attached hydrogen (secondary N) is 2. The fourth-order valence-electron chi connectivity index (χ4n) is 3.72. The molecule has 0 bridgehead atoms. The molecule has 0 saturated heterocycles. The lowest BCUT2D eigenvalue weighted by molar-refractivity contribution is -0.115. The molecule has 0 atom stereocenters. The average Bonchev–Trinajstić information content (AvgIpc) is 3.32. The fraction of sp³-hybridized carbons (Fsp3) is 0.259. The van der Waals surface area contributed by atoms with Gasteiger partial charge in [0.25, 0.3) is 5.91 Å². The molecule has 2 N–H and O–H groups in total. The molecular formula is C27H28FN5O3. The maximum absolute atomic E-state index is 15.2. The van der Waals surface area contributed by atoms with Crippen LogP contribution in [-0.2, 0) is 16.8 Å². The fourth-order valence-corrected chi connectivity index (χ4v) is 3.72. The molecular weight excluding hydrogens is 461 g/mol. The van der Waals surface area contributed by atoms with Gasteiger partial charge < -0.3 is 15.4 Å². The van der Waals surface area contributed by atoms with Gasteiger partial charge in [-0.15, -0.1) is 0 Å². The van der Waals surface area contributed by atoms with E-state index in [1.54, 1.807) is 67.6 Å². The van der Waals surface area contributed by atoms with Crippen LogP contribution in [0.15, 0.2) is 55.0 Å². The van der Waals surface area contributed by atoms with Crippen LogP contribution in [0.2, 0.25) is 0 Å². The predicted octanol–water partition coefficient (Wildman–Crippen LogP) is 4.97. The van der Waals surface area contributed by atoms with Crippen LogP contribution >= 0.6 is 0 Å². The summed E-state index contributed by atoms with van der Waals surface area (Å²) in [5.74, 6) is -0.354. The number of anilines is 1. The molecule has 2 amide bonds. The Balaban J connectivity index is 1.53. The summed E-state index contributed by atoms with van der Waals surface area (Å²) in [6, 6.07) is 9.92. The molecule has 186 valence electrons. The van der Waals surface area contributed by atoms with E-state index in [1.807, 2.05) is 20.8 Å². The maximum Gasteiger partial charge on any atom is 0.251 e. The topological polar surface area (TPSA) is 98.1 Å². The normalized spacial score (nSPS) is 11.4. The van der Waals surface area contributed by atoms with Crippen molar-refractivity contribution in [3.8, 4) is 11.5 Å². The molecule has 2 aromatic heterocycles. The van der Waals surface area contributed by atoms with E-state index in [-0.39, 0.29) is 34.9 Å². The van der Waals surface area contributed by atoms with E-state index >= 15 is 4.39 Å². The van der Waals surface area contributed by atoms with Gasteiger partial charge in [-0.1, -0.05) is 6.07 Å². The highest BCUT2D eigenvalue weighted by Gasteiger charge is 2.18. The summed E-state index contributed by atoms with van der Waals surface area (Å²) in [6.07, 6.45) is 4.76. The summed E-state index contributed by atoms with van der Waals surface area (Å²) >= 11 is 0. The standard InChI is InChI=1S/C27H28FN5O3/c1-16-22(36-23-10-11-30-21-8-6-18(12-20(21)23)26(35)29-5)9-7-17(25(16)28)13-24(34)32-19-14-31-33(15-19)27(2,3)4/h6-12,14-15H,13H2,1-5H3,(H,29,35)(H,32,34). The summed E-state index contributed by atoms with van der Waals surface area (Å²) in [5, 5.41) is 10.2. The quantitative estimate of drug-likeness (QED) is 0.399. The first-order valence-electron chi connectivity index (χ1n) is 11.5. The van der Waals surface area contributed by atoms with E-state index in [4.69, 9.17) is 4.74 Å². The molecule has 0 aliphatic carbocycles. The monoisotopic (exact) mass is 489 g/mol. The number of hydrogen-bond acceptors (Lipinski definition) is 5. The summed E-state index contributed by atoms with van der Waals surface area (Å²) in [6.45, 7) is 7.60. The van der Waals surface area contributed by atoms with E-state index in [9.17, 15) is 9.59 Å². The Kier molecular flexibility index (Phi) is 6.74. The van der Waals surface area contributed by atoms with Crippen LogP contribution in [0.5, 0.6) is 11.5 Å². The molecule has 0 aliphatic rings. The smallest absolute Gasteiger partial charge is 0.251 e. The van der Waals surface area contributed by atoms with Crippen LogP contribution in [0.25, 0.3) is 10.9 Å². The van der Waals surface area contributed by atoms with E-state index in [0.29, 0.717) is 33.7 Å². The van der Waals surface area contributed by atoms with Crippen molar-refractivity contribution in [1.82, 2.24) is 20.1 Å². The van der Waals surface area contributed by atoms with Crippen LogP contribution in [0.4, 0.5) is 10.1 Å². The number of amides is 2. The predicted molar refractivity (Wildman–Crippen MR) is 136 cm³/mol. The van der Waals surface area contributed by atoms with Gasteiger partial charge in [-0.05, 0) is 63.6 Å². The van der Waals surface area contributed by atoms with E-state index < -0.39 is 5.82 Å². The first kappa shape index (κ1) is 24.8. The third kappa shape index (κ3) is 5.19. The molecule has 4 rings (SSSR count). The minimum absolute atomic E-state index is 0.138. The van der Waals surface area contributed by atoms with Crippen molar-refractivity contribution in [2.45, 2.75) is 39.7 Å². The molecule has 0 aliphatic heterocycles. The van der Waals surface area contributed by atoms with E-state index in [2.05, 4.69) is 20.7 Å². The molecule has 2 aromatic carbocycles. The number of rotatable bonds is 6. The number of benzene rings is 2. The highest BCUT2D eigenvalue weighted by Crippen LogP contribution is 2.33. The SMILES string of the molecule is CNC(=O)c1ccc2nccc(Oc3ccc(CC(=O)Nc4cnn(C(C)(C)C)c4)c(F)c3C)c2c1. The van der Waals surface area contributed by atoms with Gasteiger partial charge in [0, 0.05) is 36.0 Å². The molecule has 0 unspecified atom stereocenters. The molecule has 0 radical (unpaired) electrons. The van der Waals surface area contributed by atoms with Crippen molar-refractivity contribution in [1.29, 1.82) is 0 Å². The second kappa shape index (κ2) is 9.77. The zero-order valence-corrected chi connectivity index (χ0v) is 20.8. The Morgan fingerprint density at radius 1 is 1.11 bits per heavy atom. The Labute approximate surface area is 208 Å². The minimum atomic E-state index is -0.516. The van der Waals surface area contributed by atoms with Crippen molar-refractivity contribution in [2.24, 2.45) is 0 Å². The second-order valence-corrected chi connectivity index (χ2v) is 9.45. The number of halogens is 1. The lowest BCUT2D eigenvalue weighted by Gasteiger charge is -2.18. The Bertz CT molecular complexity index is 1460. The maximum atomic E-state index is 15.2. The molecule has 36 heavy (non-hydrogen) atoms. The van der Waals surface area contributed by atoms with Crippen LogP contribution in [-0.4, -0.2) is 33.6 Å². The summed E-state index contributed by atoms with van der Waals surface area (Å²) < 4.78 is 23.0. The number of nitrogens with zero attached hydrogens (tertiary/aromatic N) is 3. The molecule has 0 saturated carbocycles. The first-order chi connectivity index (χ1) is 17.1. The molecule has 8 nitrogen and oxygen atoms in total. The number of carbonyl (C=O) groups excluding carboxylic acids is 2. The zero-order valence-electron chi connectivity index (χ0n) is 20.8. The van der Waals surface area contributed by atoms with Crippen LogP contribution in [0.1, 0.15) is 42.3 Å². The zero-order chi connectivity index (χ0) is 26.0. The van der Waals surface area contributed by atoms with Gasteiger partial charge >= 0.3 is 0 Å². The number of aromatic nitrogens is 3. The number of ether oxygens (including phenoxy) is 1. The van der Waals surface area contributed by atoms with Crippen LogP contribution < -0.4 is 15.4 Å². The third-order valence-electron chi connectivity index (χ3n) is 5.73. The van der Waals surface area contributed by atoms with Crippen molar-refractivity contribution in [3.63, 3.8) is 0 Å². The van der Waals surface area contributed by atoms with Crippen molar-refractivity contribution in [2.75, 3.05) is 12.4 Å². The first-order valence-corrected chi connectivity index (χ1v) is 11.5. The summed E-state index contributed by atoms with van der Waals surface area (Å²) in [4.78, 5) is 28.9. The van der Waals surface area contributed by atoms with E-state index in [0.717, 1.165) is 0 Å². The van der Waals surface area contributed by atoms with E-state index in [1.165, 1.54) is 6.07 Å². The van der Waals surface area contributed by atoms with Gasteiger partial charge in [-0.3, -0.25) is 19.3 Å². The van der Waals surface area contributed by atoms with Crippen molar-refractivity contribution < 1.29 is 18.7 Å². The largest absolute Gasteiger partial charge is 0.456 e. The van der Waals surface area contributed by atoms with Gasteiger partial charge in [0.1, 0.15) is 17.3 Å².